The number of carbonyl (C=O) groups excluding carboxylic acids is 1. The fourth-order valence-electron chi connectivity index (χ4n) is 2.02. The summed E-state index contributed by atoms with van der Waals surface area (Å²) < 4.78 is 5.11. The molecule has 0 atom stereocenters. The molecular formula is C16H13N3O4. The molecule has 0 radical (unpaired) electrons. The number of nitro groups is 1. The molecule has 0 saturated carbocycles. The standard InChI is InChI=1S/C16H13N3O4/c1-11-14(3-2-4-15(11)19(21)22)16(20)18-12-5-7-13(8-6-12)23-10-9-17/h2-8H,10H2,1H3,(H,18,20). The molecule has 0 bridgehead atoms. The van der Waals surface area contributed by atoms with E-state index < -0.39 is 10.8 Å². The lowest BCUT2D eigenvalue weighted by Gasteiger charge is -2.09. The van der Waals surface area contributed by atoms with Gasteiger partial charge in [-0.2, -0.15) is 5.26 Å². The lowest BCUT2D eigenvalue weighted by molar-refractivity contribution is -0.385. The second kappa shape index (κ2) is 7.04. The molecule has 0 aliphatic heterocycles. The number of nitro benzene ring substituents is 1. The van der Waals surface area contributed by atoms with Crippen molar-refractivity contribution < 1.29 is 14.5 Å². The van der Waals surface area contributed by atoms with Crippen molar-refractivity contribution in [1.82, 2.24) is 0 Å². The normalized spacial score (nSPS) is 9.74. The fraction of sp³-hybridized carbons (Fsp3) is 0.125. The third-order valence-electron chi connectivity index (χ3n) is 3.16. The van der Waals surface area contributed by atoms with Crippen molar-refractivity contribution in [2.24, 2.45) is 0 Å². The maximum absolute atomic E-state index is 12.3. The van der Waals surface area contributed by atoms with E-state index in [1.54, 1.807) is 24.3 Å². The molecule has 2 rings (SSSR count). The molecule has 1 N–H and O–H groups in total. The van der Waals surface area contributed by atoms with E-state index in [9.17, 15) is 14.9 Å². The summed E-state index contributed by atoms with van der Waals surface area (Å²) in [7, 11) is 0. The van der Waals surface area contributed by atoms with E-state index in [2.05, 4.69) is 5.32 Å². The van der Waals surface area contributed by atoms with Gasteiger partial charge >= 0.3 is 0 Å². The van der Waals surface area contributed by atoms with Crippen molar-refractivity contribution in [2.75, 3.05) is 11.9 Å². The minimum absolute atomic E-state index is 0.0570. The number of hydrogen-bond donors (Lipinski definition) is 1. The number of nitrogens with zero attached hydrogens (tertiary/aromatic N) is 2. The van der Waals surface area contributed by atoms with Gasteiger partial charge in [-0.05, 0) is 37.3 Å². The van der Waals surface area contributed by atoms with E-state index >= 15 is 0 Å². The first-order valence-electron chi connectivity index (χ1n) is 6.68. The van der Waals surface area contributed by atoms with Crippen LogP contribution in [0, 0.1) is 28.4 Å². The van der Waals surface area contributed by atoms with Gasteiger partial charge in [0.25, 0.3) is 11.6 Å². The Kier molecular flexibility index (Phi) is 4.89. The predicted molar refractivity (Wildman–Crippen MR) is 83.3 cm³/mol. The van der Waals surface area contributed by atoms with E-state index in [-0.39, 0.29) is 17.9 Å². The van der Waals surface area contributed by atoms with Crippen LogP contribution in [0.25, 0.3) is 0 Å². The number of benzene rings is 2. The number of rotatable bonds is 5. The van der Waals surface area contributed by atoms with Crippen molar-refractivity contribution in [3.05, 3.63) is 63.7 Å². The summed E-state index contributed by atoms with van der Waals surface area (Å²) in [5.74, 6) is 0.0768. The summed E-state index contributed by atoms with van der Waals surface area (Å²) in [6.45, 7) is 1.48. The minimum Gasteiger partial charge on any atom is -0.479 e. The van der Waals surface area contributed by atoms with Crippen molar-refractivity contribution in [2.45, 2.75) is 6.92 Å². The molecule has 0 aromatic heterocycles. The van der Waals surface area contributed by atoms with Crippen LogP contribution in [0.15, 0.2) is 42.5 Å². The molecule has 7 nitrogen and oxygen atoms in total. The molecule has 0 spiro atoms. The highest BCUT2D eigenvalue weighted by Gasteiger charge is 2.17. The number of ether oxygens (including phenoxy) is 1. The Morgan fingerprint density at radius 3 is 2.61 bits per heavy atom. The zero-order valence-electron chi connectivity index (χ0n) is 12.3. The Hall–Kier alpha value is -3.40. The molecule has 2 aromatic carbocycles. The first-order chi connectivity index (χ1) is 11.0. The number of hydrogen-bond acceptors (Lipinski definition) is 5. The van der Waals surface area contributed by atoms with Crippen LogP contribution in [0.5, 0.6) is 5.75 Å². The Bertz CT molecular complexity index is 779. The summed E-state index contributed by atoms with van der Waals surface area (Å²) >= 11 is 0. The zero-order chi connectivity index (χ0) is 16.8. The molecule has 0 fully saturated rings. The molecule has 1 amide bonds. The van der Waals surface area contributed by atoms with E-state index in [0.717, 1.165) is 0 Å². The Morgan fingerprint density at radius 2 is 2.00 bits per heavy atom. The summed E-state index contributed by atoms with van der Waals surface area (Å²) in [5.41, 5.74) is 0.969. The van der Waals surface area contributed by atoms with Crippen LogP contribution < -0.4 is 10.1 Å². The van der Waals surface area contributed by atoms with Gasteiger partial charge in [0, 0.05) is 22.9 Å². The molecule has 0 aliphatic rings. The van der Waals surface area contributed by atoms with E-state index in [0.29, 0.717) is 17.0 Å². The van der Waals surface area contributed by atoms with Crippen molar-refractivity contribution in [1.29, 1.82) is 5.26 Å². The highest BCUT2D eigenvalue weighted by atomic mass is 16.6. The Morgan fingerprint density at radius 1 is 1.30 bits per heavy atom. The molecule has 0 saturated heterocycles. The number of anilines is 1. The zero-order valence-corrected chi connectivity index (χ0v) is 12.3. The topological polar surface area (TPSA) is 105 Å². The van der Waals surface area contributed by atoms with E-state index in [1.807, 2.05) is 6.07 Å². The highest BCUT2D eigenvalue weighted by molar-refractivity contribution is 6.05. The first kappa shape index (κ1) is 16.0. The van der Waals surface area contributed by atoms with Crippen molar-refractivity contribution in [3.63, 3.8) is 0 Å². The number of amides is 1. The maximum atomic E-state index is 12.3. The van der Waals surface area contributed by atoms with Crippen molar-refractivity contribution >= 4 is 17.3 Å². The molecule has 23 heavy (non-hydrogen) atoms. The molecule has 0 aliphatic carbocycles. The van der Waals surface area contributed by atoms with Crippen LogP contribution in [0.3, 0.4) is 0 Å². The Balaban J connectivity index is 2.15. The molecular weight excluding hydrogens is 298 g/mol. The second-order valence-corrected chi connectivity index (χ2v) is 4.63. The average Bonchev–Trinajstić information content (AvgIpc) is 2.54. The van der Waals surface area contributed by atoms with E-state index in [4.69, 9.17) is 10.00 Å². The summed E-state index contributed by atoms with van der Waals surface area (Å²) in [4.78, 5) is 22.7. The van der Waals surface area contributed by atoms with Crippen LogP contribution in [0.2, 0.25) is 0 Å². The number of carbonyl (C=O) groups is 1. The predicted octanol–water partition coefficient (Wildman–Crippen LogP) is 3.06. The molecule has 7 heteroatoms. The maximum Gasteiger partial charge on any atom is 0.273 e. The second-order valence-electron chi connectivity index (χ2n) is 4.63. The largest absolute Gasteiger partial charge is 0.479 e. The van der Waals surface area contributed by atoms with Gasteiger partial charge in [0.2, 0.25) is 0 Å². The average molecular weight is 311 g/mol. The summed E-state index contributed by atoms with van der Waals surface area (Å²) in [6.07, 6.45) is 0. The molecule has 0 unspecified atom stereocenters. The SMILES string of the molecule is Cc1c(C(=O)Nc2ccc(OCC#N)cc2)cccc1[N+](=O)[O-]. The smallest absolute Gasteiger partial charge is 0.273 e. The summed E-state index contributed by atoms with van der Waals surface area (Å²) in [5, 5.41) is 22.0. The van der Waals surface area contributed by atoms with Gasteiger partial charge in [0.1, 0.15) is 11.8 Å². The minimum atomic E-state index is -0.520. The fourth-order valence-corrected chi connectivity index (χ4v) is 2.02. The molecule has 2 aromatic rings. The number of nitriles is 1. The third kappa shape index (κ3) is 3.83. The first-order valence-corrected chi connectivity index (χ1v) is 6.68. The number of nitrogens with one attached hydrogen (secondary N) is 1. The van der Waals surface area contributed by atoms with Crippen LogP contribution in [0.1, 0.15) is 15.9 Å². The molecule has 116 valence electrons. The van der Waals surface area contributed by atoms with Gasteiger partial charge in [-0.3, -0.25) is 14.9 Å². The lowest BCUT2D eigenvalue weighted by Crippen LogP contribution is -2.14. The van der Waals surface area contributed by atoms with Gasteiger partial charge in [-0.15, -0.1) is 0 Å². The highest BCUT2D eigenvalue weighted by Crippen LogP contribution is 2.22. The van der Waals surface area contributed by atoms with Crippen LogP contribution in [0.4, 0.5) is 11.4 Å². The quantitative estimate of drug-likeness (QED) is 0.674. The van der Waals surface area contributed by atoms with Crippen LogP contribution in [-0.4, -0.2) is 17.4 Å². The summed E-state index contributed by atoms with van der Waals surface area (Å²) in [6, 6.07) is 12.7. The van der Waals surface area contributed by atoms with Gasteiger partial charge in [0.15, 0.2) is 6.61 Å². The van der Waals surface area contributed by atoms with Gasteiger partial charge in [-0.25, -0.2) is 0 Å². The van der Waals surface area contributed by atoms with Crippen molar-refractivity contribution in [3.8, 4) is 11.8 Å². The van der Waals surface area contributed by atoms with E-state index in [1.165, 1.54) is 25.1 Å². The lowest BCUT2D eigenvalue weighted by atomic mass is 10.1. The third-order valence-corrected chi connectivity index (χ3v) is 3.16. The van der Waals surface area contributed by atoms with Crippen LogP contribution >= 0.6 is 0 Å². The van der Waals surface area contributed by atoms with Gasteiger partial charge in [-0.1, -0.05) is 6.07 Å². The van der Waals surface area contributed by atoms with Crippen LogP contribution in [-0.2, 0) is 0 Å². The Labute approximate surface area is 132 Å². The van der Waals surface area contributed by atoms with Gasteiger partial charge in [0.05, 0.1) is 4.92 Å². The monoisotopic (exact) mass is 311 g/mol. The molecule has 0 heterocycles. The van der Waals surface area contributed by atoms with Gasteiger partial charge < -0.3 is 10.1 Å².